The number of carbonyl (C=O) groups is 1. The number of ether oxygens (including phenoxy) is 2. The average Bonchev–Trinajstić information content (AvgIpc) is 2.71. The number of allylic oxidation sites excluding steroid dienone is 5. The Kier molecular flexibility index (Phi) is 11.0. The molecule has 1 rings (SSSR count). The maximum atomic E-state index is 13.0. The minimum atomic E-state index is -0.654. The van der Waals surface area contributed by atoms with Crippen LogP contribution in [0.4, 0.5) is 4.39 Å². The molecule has 1 aromatic carbocycles. The summed E-state index contributed by atoms with van der Waals surface area (Å²) in [6.07, 6.45) is 8.92. The van der Waals surface area contributed by atoms with Crippen LogP contribution in [0.3, 0.4) is 0 Å². The largest absolute Gasteiger partial charge is 0.496 e. The zero-order valence-electron chi connectivity index (χ0n) is 17.1. The van der Waals surface area contributed by atoms with E-state index in [9.17, 15) is 9.18 Å². The van der Waals surface area contributed by atoms with Gasteiger partial charge in [0.25, 0.3) is 5.91 Å². The molecule has 1 aromatic rings. The van der Waals surface area contributed by atoms with Gasteiger partial charge in [0.1, 0.15) is 11.6 Å². The van der Waals surface area contributed by atoms with Gasteiger partial charge in [0.15, 0.2) is 0 Å². The molecule has 156 valence electrons. The molecule has 0 unspecified atom stereocenters. The van der Waals surface area contributed by atoms with E-state index in [4.69, 9.17) is 14.7 Å². The topological polar surface area (TPSA) is 67.8 Å². The number of nitrogens with one attached hydrogen (secondary N) is 1. The molecular weight excluding hydrogens is 373 g/mol. The van der Waals surface area contributed by atoms with Crippen LogP contribution in [0.5, 0.6) is 0 Å². The number of carbonyl (C=O) groups excluding carboxylic acids is 1. The number of halogens is 1. The van der Waals surface area contributed by atoms with E-state index < -0.39 is 5.91 Å². The predicted molar refractivity (Wildman–Crippen MR) is 111 cm³/mol. The third kappa shape index (κ3) is 10.2. The molecule has 5 nitrogen and oxygen atoms in total. The predicted octanol–water partition coefficient (Wildman–Crippen LogP) is 4.77. The Morgan fingerprint density at radius 3 is 2.48 bits per heavy atom. The minimum Gasteiger partial charge on any atom is -0.496 e. The molecule has 0 aromatic heterocycles. The van der Waals surface area contributed by atoms with Crippen LogP contribution in [0.1, 0.15) is 25.8 Å². The summed E-state index contributed by atoms with van der Waals surface area (Å²) in [4.78, 5) is 11.3. The van der Waals surface area contributed by atoms with Gasteiger partial charge in [0.2, 0.25) is 0 Å². The van der Waals surface area contributed by atoms with Crippen LogP contribution >= 0.6 is 0 Å². The van der Waals surface area contributed by atoms with E-state index in [1.807, 2.05) is 13.8 Å². The fourth-order valence-corrected chi connectivity index (χ4v) is 2.18. The van der Waals surface area contributed by atoms with E-state index in [0.717, 1.165) is 11.1 Å². The van der Waals surface area contributed by atoms with Crippen LogP contribution in [0.2, 0.25) is 0 Å². The van der Waals surface area contributed by atoms with Gasteiger partial charge in [-0.2, -0.15) is 0 Å². The molecule has 0 aliphatic heterocycles. The average molecular weight is 401 g/mol. The summed E-state index contributed by atoms with van der Waals surface area (Å²) in [7, 11) is 1.56. The Labute approximate surface area is 171 Å². The van der Waals surface area contributed by atoms with Crippen molar-refractivity contribution in [2.75, 3.05) is 13.7 Å². The second-order valence-corrected chi connectivity index (χ2v) is 6.49. The van der Waals surface area contributed by atoms with Crippen LogP contribution in [0.25, 0.3) is 0 Å². The second kappa shape index (κ2) is 13.3. The summed E-state index contributed by atoms with van der Waals surface area (Å²) in [5.74, 6) is -0.352. The van der Waals surface area contributed by atoms with E-state index in [1.54, 1.807) is 31.4 Å². The van der Waals surface area contributed by atoms with E-state index >= 15 is 0 Å². The van der Waals surface area contributed by atoms with Gasteiger partial charge in [-0.25, -0.2) is 9.87 Å². The molecule has 0 bridgehead atoms. The molecule has 2 N–H and O–H groups in total. The lowest BCUT2D eigenvalue weighted by molar-refractivity contribution is -0.124. The number of methoxy groups -OCH3 is 1. The van der Waals surface area contributed by atoms with Crippen molar-refractivity contribution in [3.63, 3.8) is 0 Å². The second-order valence-electron chi connectivity index (χ2n) is 6.49. The minimum absolute atomic E-state index is 0.195. The molecule has 1 amide bonds. The van der Waals surface area contributed by atoms with Gasteiger partial charge in [-0.05, 0) is 55.2 Å². The summed E-state index contributed by atoms with van der Waals surface area (Å²) in [6.45, 7) is 8.53. The van der Waals surface area contributed by atoms with Crippen molar-refractivity contribution in [1.29, 1.82) is 0 Å². The Morgan fingerprint density at radius 2 is 1.90 bits per heavy atom. The Morgan fingerprint density at radius 1 is 1.21 bits per heavy atom. The van der Waals surface area contributed by atoms with Gasteiger partial charge in [-0.1, -0.05) is 42.5 Å². The van der Waals surface area contributed by atoms with Gasteiger partial charge in [-0.3, -0.25) is 10.0 Å². The molecule has 0 saturated carbocycles. The monoisotopic (exact) mass is 401 g/mol. The maximum absolute atomic E-state index is 13.0. The SMILES string of the molecule is C=C(CC=C(C)C)\C(=C/C=C(/C=C/C(=O)NO)COCc1ccc(F)cc1)OC. The standard InChI is InChI=1S/C23H28FNO4/c1-17(2)5-6-18(3)22(28-4)13-9-20(10-14-23(26)25-27)16-29-15-19-7-11-21(24)12-8-19/h5,7-14,27H,3,6,15-16H2,1-2,4H3,(H,25,26)/b14-10+,20-9-,22-13+. The smallest absolute Gasteiger partial charge is 0.267 e. The van der Waals surface area contributed by atoms with Crippen molar-refractivity contribution in [3.05, 3.63) is 95.1 Å². The van der Waals surface area contributed by atoms with Gasteiger partial charge in [0.05, 0.1) is 20.3 Å². The fourth-order valence-electron chi connectivity index (χ4n) is 2.18. The number of rotatable bonds is 11. The molecule has 0 radical (unpaired) electrons. The highest BCUT2D eigenvalue weighted by molar-refractivity contribution is 5.86. The number of hydrogen-bond acceptors (Lipinski definition) is 4. The maximum Gasteiger partial charge on any atom is 0.267 e. The molecule has 6 heteroatoms. The first-order chi connectivity index (χ1) is 13.8. The van der Waals surface area contributed by atoms with E-state index in [2.05, 4.69) is 12.7 Å². The van der Waals surface area contributed by atoms with Crippen LogP contribution in [0, 0.1) is 5.82 Å². The first kappa shape index (κ1) is 24.1. The normalized spacial score (nSPS) is 12.0. The number of amides is 1. The van der Waals surface area contributed by atoms with Crippen molar-refractivity contribution in [2.45, 2.75) is 26.9 Å². The fraction of sp³-hybridized carbons (Fsp3) is 0.261. The Hall–Kier alpha value is -2.96. The lowest BCUT2D eigenvalue weighted by atomic mass is 10.1. The quantitative estimate of drug-likeness (QED) is 0.140. The first-order valence-corrected chi connectivity index (χ1v) is 9.06. The lowest BCUT2D eigenvalue weighted by Crippen LogP contribution is -2.15. The van der Waals surface area contributed by atoms with Crippen molar-refractivity contribution >= 4 is 5.91 Å². The van der Waals surface area contributed by atoms with E-state index in [-0.39, 0.29) is 19.0 Å². The number of hydroxylamine groups is 1. The van der Waals surface area contributed by atoms with Crippen LogP contribution in [-0.4, -0.2) is 24.8 Å². The zero-order valence-corrected chi connectivity index (χ0v) is 17.1. The Bertz CT molecular complexity index is 801. The molecular formula is C23H28FNO4. The van der Waals surface area contributed by atoms with Gasteiger partial charge in [0, 0.05) is 6.08 Å². The lowest BCUT2D eigenvalue weighted by Gasteiger charge is -2.08. The summed E-state index contributed by atoms with van der Waals surface area (Å²) < 4.78 is 24.0. The van der Waals surface area contributed by atoms with Crippen molar-refractivity contribution in [3.8, 4) is 0 Å². The van der Waals surface area contributed by atoms with Crippen molar-refractivity contribution < 1.29 is 23.9 Å². The third-order valence-corrected chi connectivity index (χ3v) is 3.78. The summed E-state index contributed by atoms with van der Waals surface area (Å²) >= 11 is 0. The van der Waals surface area contributed by atoms with Gasteiger partial charge in [-0.15, -0.1) is 0 Å². The molecule has 0 aliphatic carbocycles. The van der Waals surface area contributed by atoms with Crippen LogP contribution in [0.15, 0.2) is 83.7 Å². The molecule has 0 fully saturated rings. The molecule has 0 saturated heterocycles. The van der Waals surface area contributed by atoms with E-state index in [1.165, 1.54) is 35.3 Å². The van der Waals surface area contributed by atoms with Gasteiger partial charge >= 0.3 is 0 Å². The van der Waals surface area contributed by atoms with E-state index in [0.29, 0.717) is 17.8 Å². The molecule has 29 heavy (non-hydrogen) atoms. The molecule has 0 heterocycles. The zero-order chi connectivity index (χ0) is 21.6. The van der Waals surface area contributed by atoms with Crippen LogP contribution < -0.4 is 5.48 Å². The highest BCUT2D eigenvalue weighted by Gasteiger charge is 2.02. The number of benzene rings is 1. The van der Waals surface area contributed by atoms with Gasteiger partial charge < -0.3 is 9.47 Å². The molecule has 0 aliphatic rings. The van der Waals surface area contributed by atoms with Crippen LogP contribution in [-0.2, 0) is 20.9 Å². The van der Waals surface area contributed by atoms with Crippen molar-refractivity contribution in [2.24, 2.45) is 0 Å². The number of hydrogen-bond donors (Lipinski definition) is 2. The molecule has 0 spiro atoms. The van der Waals surface area contributed by atoms with Crippen molar-refractivity contribution in [1.82, 2.24) is 5.48 Å². The summed E-state index contributed by atoms with van der Waals surface area (Å²) in [5, 5.41) is 8.65. The third-order valence-electron chi connectivity index (χ3n) is 3.78. The molecule has 0 atom stereocenters. The highest BCUT2D eigenvalue weighted by Crippen LogP contribution is 2.15. The first-order valence-electron chi connectivity index (χ1n) is 9.06. The highest BCUT2D eigenvalue weighted by atomic mass is 19.1. The Balaban J connectivity index is 2.89. The summed E-state index contributed by atoms with van der Waals surface area (Å²) in [6, 6.07) is 6.02. The summed E-state index contributed by atoms with van der Waals surface area (Å²) in [5.41, 5.74) is 5.03.